The summed E-state index contributed by atoms with van der Waals surface area (Å²) in [5.74, 6) is -0.233. The van der Waals surface area contributed by atoms with Gasteiger partial charge in [0.25, 0.3) is 0 Å². The number of hydrogen-bond donors (Lipinski definition) is 0. The van der Waals surface area contributed by atoms with E-state index >= 15 is 0 Å². The van der Waals surface area contributed by atoms with Crippen LogP contribution in [0.15, 0.2) is 30.5 Å². The number of aromatic nitrogens is 3. The first-order chi connectivity index (χ1) is 9.74. The smallest absolute Gasteiger partial charge is 0.222 e. The molecule has 1 aliphatic heterocycles. The van der Waals surface area contributed by atoms with Crippen molar-refractivity contribution in [2.24, 2.45) is 0 Å². The second-order valence-electron chi connectivity index (χ2n) is 4.95. The summed E-state index contributed by atoms with van der Waals surface area (Å²) in [4.78, 5) is 8.21. The molecule has 3 heterocycles. The van der Waals surface area contributed by atoms with Crippen molar-refractivity contribution in [1.29, 1.82) is 0 Å². The van der Waals surface area contributed by atoms with E-state index in [2.05, 4.69) is 14.5 Å². The van der Waals surface area contributed by atoms with Crippen LogP contribution in [0.1, 0.15) is 12.1 Å². The van der Waals surface area contributed by atoms with E-state index in [1.165, 1.54) is 11.8 Å². The maximum absolute atomic E-state index is 13.6. The van der Waals surface area contributed by atoms with Gasteiger partial charge in [0.2, 0.25) is 5.28 Å². The zero-order chi connectivity index (χ0) is 13.7. The van der Waals surface area contributed by atoms with Crippen LogP contribution in [-0.4, -0.2) is 14.5 Å². The molecule has 20 heavy (non-hydrogen) atoms. The summed E-state index contributed by atoms with van der Waals surface area (Å²) in [5.41, 5.74) is 4.02. The minimum atomic E-state index is -0.233. The summed E-state index contributed by atoms with van der Waals surface area (Å²) in [7, 11) is 0. The van der Waals surface area contributed by atoms with Gasteiger partial charge in [-0.1, -0.05) is 0 Å². The first-order valence-corrected chi connectivity index (χ1v) is 6.91. The molecule has 0 atom stereocenters. The quantitative estimate of drug-likeness (QED) is 0.637. The number of nitrogens with zero attached hydrogens (tertiary/aromatic N) is 3. The highest BCUT2D eigenvalue weighted by Crippen LogP contribution is 2.38. The normalized spacial score (nSPS) is 13.9. The summed E-state index contributed by atoms with van der Waals surface area (Å²) >= 11 is 5.89. The molecule has 0 saturated heterocycles. The summed E-state index contributed by atoms with van der Waals surface area (Å²) < 4.78 is 15.9. The van der Waals surface area contributed by atoms with E-state index in [0.717, 1.165) is 41.5 Å². The zero-order valence-electron chi connectivity index (χ0n) is 10.6. The van der Waals surface area contributed by atoms with Crippen molar-refractivity contribution in [3.05, 3.63) is 47.3 Å². The Morgan fingerprint density at radius 2 is 2.15 bits per heavy atom. The van der Waals surface area contributed by atoms with E-state index in [4.69, 9.17) is 11.6 Å². The second kappa shape index (κ2) is 4.28. The molecule has 0 aliphatic carbocycles. The lowest BCUT2D eigenvalue weighted by atomic mass is 10.1. The van der Waals surface area contributed by atoms with Crippen molar-refractivity contribution in [3.63, 3.8) is 0 Å². The van der Waals surface area contributed by atoms with Crippen LogP contribution < -0.4 is 0 Å². The van der Waals surface area contributed by atoms with Crippen LogP contribution >= 0.6 is 11.6 Å². The van der Waals surface area contributed by atoms with E-state index in [-0.39, 0.29) is 11.1 Å². The summed E-state index contributed by atoms with van der Waals surface area (Å²) in [6.07, 6.45) is 3.72. The van der Waals surface area contributed by atoms with Crippen molar-refractivity contribution in [2.75, 3.05) is 0 Å². The van der Waals surface area contributed by atoms with E-state index in [1.54, 1.807) is 12.3 Å². The third-order valence-electron chi connectivity index (χ3n) is 3.81. The number of rotatable bonds is 1. The molecule has 3 nitrogen and oxygen atoms in total. The lowest BCUT2D eigenvalue weighted by Crippen LogP contribution is -1.92. The number of fused-ring (bicyclic) bond motifs is 3. The van der Waals surface area contributed by atoms with Gasteiger partial charge in [0.05, 0.1) is 5.69 Å². The molecular weight excluding hydrogens is 277 g/mol. The molecule has 0 fully saturated rings. The summed E-state index contributed by atoms with van der Waals surface area (Å²) in [6, 6.07) is 6.74. The first-order valence-electron chi connectivity index (χ1n) is 6.53. The molecule has 3 aromatic rings. The maximum atomic E-state index is 13.6. The van der Waals surface area contributed by atoms with Crippen molar-refractivity contribution < 1.29 is 4.39 Å². The molecule has 5 heteroatoms. The van der Waals surface area contributed by atoms with Gasteiger partial charge in [0.1, 0.15) is 5.82 Å². The number of aryl methyl sites for hydroxylation is 1. The van der Waals surface area contributed by atoms with Crippen LogP contribution in [0.25, 0.3) is 22.2 Å². The van der Waals surface area contributed by atoms with Gasteiger partial charge in [-0.05, 0) is 48.7 Å². The Balaban J connectivity index is 2.10. The van der Waals surface area contributed by atoms with Gasteiger partial charge in [0, 0.05) is 34.9 Å². The molecule has 0 unspecified atom stereocenters. The van der Waals surface area contributed by atoms with Crippen molar-refractivity contribution >= 4 is 22.5 Å². The number of benzene rings is 1. The molecule has 100 valence electrons. The predicted octanol–water partition coefficient (Wildman–Crippen LogP) is 3.84. The molecule has 0 saturated carbocycles. The Morgan fingerprint density at radius 1 is 1.25 bits per heavy atom. The van der Waals surface area contributed by atoms with Crippen LogP contribution in [0.3, 0.4) is 0 Å². The van der Waals surface area contributed by atoms with E-state index in [1.807, 2.05) is 12.1 Å². The Bertz CT molecular complexity index is 825. The monoisotopic (exact) mass is 287 g/mol. The van der Waals surface area contributed by atoms with Crippen LogP contribution in [0.5, 0.6) is 0 Å². The highest BCUT2D eigenvalue weighted by molar-refractivity contribution is 6.28. The highest BCUT2D eigenvalue weighted by Gasteiger charge is 2.23. The molecule has 0 spiro atoms. The largest absolute Gasteiger partial charge is 0.344 e. The standard InChI is InChI=1S/C15H11ClFN3/c16-15-18-6-5-11(19-15)14-10-8-9(17)3-4-12(10)20-7-1-2-13(14)20/h3-6,8H,1-2,7H2. The first kappa shape index (κ1) is 11.9. The van der Waals surface area contributed by atoms with Gasteiger partial charge in [-0.2, -0.15) is 0 Å². The Kier molecular flexibility index (Phi) is 2.54. The van der Waals surface area contributed by atoms with E-state index in [0.29, 0.717) is 0 Å². The van der Waals surface area contributed by atoms with Gasteiger partial charge in [-0.25, -0.2) is 14.4 Å². The number of hydrogen-bond acceptors (Lipinski definition) is 2. The Labute approximate surface area is 120 Å². The number of halogens is 2. The fraction of sp³-hybridized carbons (Fsp3) is 0.200. The summed E-state index contributed by atoms with van der Waals surface area (Å²) in [6.45, 7) is 0.969. The lowest BCUT2D eigenvalue weighted by molar-refractivity contribution is 0.629. The van der Waals surface area contributed by atoms with Crippen molar-refractivity contribution in [3.8, 4) is 11.3 Å². The van der Waals surface area contributed by atoms with E-state index < -0.39 is 0 Å². The maximum Gasteiger partial charge on any atom is 0.222 e. The molecule has 0 amide bonds. The Morgan fingerprint density at radius 3 is 3.00 bits per heavy atom. The average Bonchev–Trinajstić information content (AvgIpc) is 2.98. The third kappa shape index (κ3) is 1.64. The van der Waals surface area contributed by atoms with Gasteiger partial charge < -0.3 is 4.57 Å². The zero-order valence-corrected chi connectivity index (χ0v) is 11.4. The molecule has 0 N–H and O–H groups in total. The minimum absolute atomic E-state index is 0.213. The SMILES string of the molecule is Fc1ccc2c(c1)c(-c1ccnc(Cl)n1)c1n2CCC1. The van der Waals surface area contributed by atoms with Gasteiger partial charge in [-0.15, -0.1) is 0 Å². The van der Waals surface area contributed by atoms with Crippen LogP contribution in [-0.2, 0) is 13.0 Å². The second-order valence-corrected chi connectivity index (χ2v) is 5.29. The fourth-order valence-corrected chi connectivity index (χ4v) is 3.21. The molecule has 4 rings (SSSR count). The highest BCUT2D eigenvalue weighted by atomic mass is 35.5. The average molecular weight is 288 g/mol. The molecule has 0 radical (unpaired) electrons. The van der Waals surface area contributed by atoms with Crippen molar-refractivity contribution in [1.82, 2.24) is 14.5 Å². The molecule has 0 bridgehead atoms. The topological polar surface area (TPSA) is 30.7 Å². The summed E-state index contributed by atoms with van der Waals surface area (Å²) in [5, 5.41) is 1.11. The molecule has 1 aromatic carbocycles. The van der Waals surface area contributed by atoms with Gasteiger partial charge in [-0.3, -0.25) is 0 Å². The molecule has 2 aromatic heterocycles. The fourth-order valence-electron chi connectivity index (χ4n) is 3.06. The van der Waals surface area contributed by atoms with Crippen LogP contribution in [0, 0.1) is 5.82 Å². The molecular formula is C15H11ClFN3. The lowest BCUT2D eigenvalue weighted by Gasteiger charge is -2.02. The predicted molar refractivity (Wildman–Crippen MR) is 76.3 cm³/mol. The molecule has 1 aliphatic rings. The van der Waals surface area contributed by atoms with Crippen LogP contribution in [0.4, 0.5) is 4.39 Å². The van der Waals surface area contributed by atoms with Crippen LogP contribution in [0.2, 0.25) is 5.28 Å². The van der Waals surface area contributed by atoms with Gasteiger partial charge in [0.15, 0.2) is 0 Å². The Hall–Kier alpha value is -1.94. The van der Waals surface area contributed by atoms with E-state index in [9.17, 15) is 4.39 Å². The van der Waals surface area contributed by atoms with Crippen molar-refractivity contribution in [2.45, 2.75) is 19.4 Å². The van der Waals surface area contributed by atoms with Gasteiger partial charge >= 0.3 is 0 Å². The minimum Gasteiger partial charge on any atom is -0.344 e. The third-order valence-corrected chi connectivity index (χ3v) is 3.99.